The van der Waals surface area contributed by atoms with Crippen molar-refractivity contribution in [1.29, 1.82) is 0 Å². The first-order chi connectivity index (χ1) is 15.0. The molecule has 0 atom stereocenters. The van der Waals surface area contributed by atoms with Crippen LogP contribution in [0.2, 0.25) is 0 Å². The number of nitrogens with one attached hydrogen (secondary N) is 1. The second-order valence-corrected chi connectivity index (χ2v) is 6.61. The van der Waals surface area contributed by atoms with Gasteiger partial charge in [-0.25, -0.2) is 9.37 Å². The van der Waals surface area contributed by atoms with Gasteiger partial charge in [-0.1, -0.05) is 12.1 Å². The number of benzene rings is 3. The van der Waals surface area contributed by atoms with Crippen molar-refractivity contribution in [3.63, 3.8) is 0 Å². The zero-order valence-corrected chi connectivity index (χ0v) is 16.8. The topological polar surface area (TPSA) is 82.5 Å². The van der Waals surface area contributed by atoms with Gasteiger partial charge in [-0.05, 0) is 54.6 Å². The molecule has 7 nitrogen and oxygen atoms in total. The standard InChI is InChI=1S/C23H18FN3O4/c1-30-19-12-9-15(13-20(19)31-2)22(28)26-27-21(14-7-10-16(24)11-8-14)25-18-6-4-3-5-17(18)23(27)29/h3-13H,1-2H3,(H,26,28). The minimum atomic E-state index is -0.552. The Bertz CT molecular complexity index is 1330. The number of amides is 1. The molecule has 1 amide bonds. The summed E-state index contributed by atoms with van der Waals surface area (Å²) in [6.45, 7) is 0. The van der Waals surface area contributed by atoms with E-state index in [2.05, 4.69) is 10.4 Å². The first-order valence-corrected chi connectivity index (χ1v) is 9.33. The lowest BCUT2D eigenvalue weighted by atomic mass is 10.1. The number of carbonyl (C=O) groups excluding carboxylic acids is 1. The van der Waals surface area contributed by atoms with Crippen molar-refractivity contribution in [1.82, 2.24) is 9.66 Å². The Morgan fingerprint density at radius 2 is 1.68 bits per heavy atom. The number of ether oxygens (including phenoxy) is 2. The van der Waals surface area contributed by atoms with Crippen molar-refractivity contribution in [2.75, 3.05) is 19.6 Å². The van der Waals surface area contributed by atoms with E-state index < -0.39 is 17.3 Å². The molecule has 0 aliphatic rings. The van der Waals surface area contributed by atoms with Crippen molar-refractivity contribution in [2.24, 2.45) is 0 Å². The molecule has 0 aliphatic heterocycles. The zero-order valence-electron chi connectivity index (χ0n) is 16.8. The smallest absolute Gasteiger partial charge is 0.280 e. The number of hydrogen-bond acceptors (Lipinski definition) is 5. The van der Waals surface area contributed by atoms with Crippen molar-refractivity contribution in [3.05, 3.63) is 88.5 Å². The molecule has 1 aromatic heterocycles. The van der Waals surface area contributed by atoms with Crippen molar-refractivity contribution in [3.8, 4) is 22.9 Å². The molecule has 1 heterocycles. The lowest BCUT2D eigenvalue weighted by molar-refractivity contribution is 0.101. The van der Waals surface area contributed by atoms with E-state index in [1.807, 2.05) is 0 Å². The Morgan fingerprint density at radius 3 is 2.39 bits per heavy atom. The van der Waals surface area contributed by atoms with Gasteiger partial charge < -0.3 is 9.47 Å². The summed E-state index contributed by atoms with van der Waals surface area (Å²) in [5.41, 5.74) is 3.33. The number of hydrogen-bond donors (Lipinski definition) is 1. The third-order valence-corrected chi connectivity index (χ3v) is 4.74. The Kier molecular flexibility index (Phi) is 5.36. The highest BCUT2D eigenvalue weighted by Gasteiger charge is 2.17. The fraction of sp³-hybridized carbons (Fsp3) is 0.0870. The fourth-order valence-electron chi connectivity index (χ4n) is 3.17. The molecule has 0 bridgehead atoms. The van der Waals surface area contributed by atoms with Gasteiger partial charge in [-0.2, -0.15) is 4.68 Å². The van der Waals surface area contributed by atoms with Crippen LogP contribution < -0.4 is 20.5 Å². The van der Waals surface area contributed by atoms with Crippen molar-refractivity contribution in [2.45, 2.75) is 0 Å². The van der Waals surface area contributed by atoms with Crippen molar-refractivity contribution >= 4 is 16.8 Å². The summed E-state index contributed by atoms with van der Waals surface area (Å²) in [6, 6.07) is 16.9. The third-order valence-electron chi connectivity index (χ3n) is 4.74. The van der Waals surface area contributed by atoms with Gasteiger partial charge in [0.1, 0.15) is 5.82 Å². The van der Waals surface area contributed by atoms with Gasteiger partial charge in [-0.15, -0.1) is 0 Å². The molecule has 0 saturated heterocycles. The van der Waals surface area contributed by atoms with E-state index in [0.717, 1.165) is 4.68 Å². The Morgan fingerprint density at radius 1 is 0.968 bits per heavy atom. The Balaban J connectivity index is 1.83. The maximum Gasteiger partial charge on any atom is 0.280 e. The molecular weight excluding hydrogens is 401 g/mol. The van der Waals surface area contributed by atoms with Crippen LogP contribution in [0.1, 0.15) is 10.4 Å². The van der Waals surface area contributed by atoms with Crippen LogP contribution in [0.3, 0.4) is 0 Å². The van der Waals surface area contributed by atoms with Crippen LogP contribution in [0.15, 0.2) is 71.5 Å². The molecule has 0 saturated carbocycles. The van der Waals surface area contributed by atoms with E-state index in [-0.39, 0.29) is 11.4 Å². The second-order valence-electron chi connectivity index (χ2n) is 6.61. The molecule has 4 rings (SSSR count). The van der Waals surface area contributed by atoms with Crippen LogP contribution in [-0.4, -0.2) is 29.8 Å². The van der Waals surface area contributed by atoms with Gasteiger partial charge in [0.25, 0.3) is 11.5 Å². The average molecular weight is 419 g/mol. The van der Waals surface area contributed by atoms with E-state index in [0.29, 0.717) is 28.0 Å². The number of carbonyl (C=O) groups is 1. The van der Waals surface area contributed by atoms with Crippen LogP contribution in [0.4, 0.5) is 4.39 Å². The van der Waals surface area contributed by atoms with Gasteiger partial charge in [0.15, 0.2) is 17.3 Å². The Labute approximate surface area is 176 Å². The summed E-state index contributed by atoms with van der Waals surface area (Å²) in [5.74, 6) is 0.0438. The molecule has 0 unspecified atom stereocenters. The number of fused-ring (bicyclic) bond motifs is 1. The van der Waals surface area contributed by atoms with Gasteiger partial charge in [0.05, 0.1) is 25.1 Å². The average Bonchev–Trinajstić information content (AvgIpc) is 2.80. The van der Waals surface area contributed by atoms with Gasteiger partial charge in [-0.3, -0.25) is 15.0 Å². The molecule has 8 heteroatoms. The third kappa shape index (κ3) is 3.83. The van der Waals surface area contributed by atoms with E-state index in [1.165, 1.54) is 44.6 Å². The van der Waals surface area contributed by atoms with E-state index in [1.54, 1.807) is 36.4 Å². The number of methoxy groups -OCH3 is 2. The van der Waals surface area contributed by atoms with Crippen LogP contribution >= 0.6 is 0 Å². The monoisotopic (exact) mass is 419 g/mol. The van der Waals surface area contributed by atoms with Crippen molar-refractivity contribution < 1.29 is 18.7 Å². The van der Waals surface area contributed by atoms with E-state index in [9.17, 15) is 14.0 Å². The van der Waals surface area contributed by atoms with Crippen LogP contribution in [0.25, 0.3) is 22.3 Å². The number of halogens is 1. The fourth-order valence-corrected chi connectivity index (χ4v) is 3.17. The largest absolute Gasteiger partial charge is 0.493 e. The van der Waals surface area contributed by atoms with Crippen LogP contribution in [0.5, 0.6) is 11.5 Å². The maximum absolute atomic E-state index is 13.4. The molecule has 1 N–H and O–H groups in total. The van der Waals surface area contributed by atoms with Gasteiger partial charge in [0, 0.05) is 11.1 Å². The highest BCUT2D eigenvalue weighted by molar-refractivity contribution is 6.01. The quantitative estimate of drug-likeness (QED) is 0.535. The maximum atomic E-state index is 13.4. The van der Waals surface area contributed by atoms with Crippen LogP contribution in [0, 0.1) is 5.82 Å². The molecule has 31 heavy (non-hydrogen) atoms. The normalized spacial score (nSPS) is 10.7. The minimum absolute atomic E-state index is 0.178. The molecule has 4 aromatic rings. The number of para-hydroxylation sites is 1. The molecule has 0 spiro atoms. The minimum Gasteiger partial charge on any atom is -0.493 e. The molecule has 0 fully saturated rings. The van der Waals surface area contributed by atoms with E-state index >= 15 is 0 Å². The zero-order chi connectivity index (χ0) is 22.0. The molecule has 3 aromatic carbocycles. The first kappa shape index (κ1) is 20.1. The summed E-state index contributed by atoms with van der Waals surface area (Å²) in [5, 5.41) is 0.334. The van der Waals surface area contributed by atoms with Gasteiger partial charge >= 0.3 is 0 Å². The van der Waals surface area contributed by atoms with Crippen LogP contribution in [-0.2, 0) is 0 Å². The lowest BCUT2D eigenvalue weighted by Gasteiger charge is -2.15. The predicted molar refractivity (Wildman–Crippen MR) is 115 cm³/mol. The number of nitrogens with zero attached hydrogens (tertiary/aromatic N) is 2. The summed E-state index contributed by atoms with van der Waals surface area (Å²) in [7, 11) is 2.96. The first-order valence-electron chi connectivity index (χ1n) is 9.33. The Hall–Kier alpha value is -4.20. The molecule has 156 valence electrons. The van der Waals surface area contributed by atoms with E-state index in [4.69, 9.17) is 9.47 Å². The predicted octanol–water partition coefficient (Wildman–Crippen LogP) is 3.60. The second kappa shape index (κ2) is 8.27. The van der Waals surface area contributed by atoms with Gasteiger partial charge in [0.2, 0.25) is 0 Å². The summed E-state index contributed by atoms with van der Waals surface area (Å²) < 4.78 is 24.9. The summed E-state index contributed by atoms with van der Waals surface area (Å²) >= 11 is 0. The molecule has 0 aliphatic carbocycles. The molecular formula is C23H18FN3O4. The lowest BCUT2D eigenvalue weighted by Crippen LogP contribution is -2.35. The SMILES string of the molecule is COc1ccc(C(=O)Nn2c(-c3ccc(F)cc3)nc3ccccc3c2=O)cc1OC. The number of aromatic nitrogens is 2. The molecule has 0 radical (unpaired) electrons. The summed E-state index contributed by atoms with van der Waals surface area (Å²) in [4.78, 5) is 30.6. The highest BCUT2D eigenvalue weighted by Crippen LogP contribution is 2.27. The number of rotatable bonds is 5. The summed E-state index contributed by atoms with van der Waals surface area (Å²) in [6.07, 6.45) is 0. The highest BCUT2D eigenvalue weighted by atomic mass is 19.1.